The van der Waals surface area contributed by atoms with Crippen LogP contribution in [-0.4, -0.2) is 11.7 Å². The van der Waals surface area contributed by atoms with Gasteiger partial charge in [0.25, 0.3) is 0 Å². The average molecular weight is 238 g/mol. The summed E-state index contributed by atoms with van der Waals surface area (Å²) in [5.41, 5.74) is 4.60. The second kappa shape index (κ2) is 4.03. The average Bonchev–Trinajstić information content (AvgIpc) is 2.11. The second-order valence-electron chi connectivity index (χ2n) is 3.32. The van der Waals surface area contributed by atoms with Gasteiger partial charge in [-0.05, 0) is 19.1 Å². The van der Waals surface area contributed by atoms with Gasteiger partial charge in [0, 0.05) is 10.6 Å². The van der Waals surface area contributed by atoms with E-state index in [0.717, 1.165) is 0 Å². The molecule has 0 bridgehead atoms. The van der Waals surface area contributed by atoms with E-state index in [4.69, 9.17) is 34.0 Å². The largest absolute Gasteiger partial charge is 0.394 e. The van der Waals surface area contributed by atoms with Crippen molar-refractivity contribution in [1.29, 1.82) is 0 Å². The van der Waals surface area contributed by atoms with Crippen LogP contribution in [0.3, 0.4) is 0 Å². The lowest BCUT2D eigenvalue weighted by Crippen LogP contribution is -2.38. The van der Waals surface area contributed by atoms with Crippen LogP contribution >= 0.6 is 23.2 Å². The quantitative estimate of drug-likeness (QED) is 0.776. The maximum atomic E-state index is 13.5. The first kappa shape index (κ1) is 11.7. The molecule has 2 nitrogen and oxygen atoms in total. The lowest BCUT2D eigenvalue weighted by atomic mass is 9.94. The zero-order chi connectivity index (χ0) is 10.9. The van der Waals surface area contributed by atoms with Gasteiger partial charge in [-0.2, -0.15) is 0 Å². The van der Waals surface area contributed by atoms with Crippen LogP contribution in [0.1, 0.15) is 12.5 Å². The zero-order valence-corrected chi connectivity index (χ0v) is 9.03. The van der Waals surface area contributed by atoms with Gasteiger partial charge < -0.3 is 10.8 Å². The highest BCUT2D eigenvalue weighted by Gasteiger charge is 2.25. The van der Waals surface area contributed by atoms with E-state index in [2.05, 4.69) is 0 Å². The number of aliphatic hydroxyl groups excluding tert-OH is 1. The molecule has 5 heteroatoms. The molecule has 0 saturated carbocycles. The minimum absolute atomic E-state index is 0.0994. The van der Waals surface area contributed by atoms with Crippen LogP contribution in [0.4, 0.5) is 4.39 Å². The van der Waals surface area contributed by atoms with E-state index >= 15 is 0 Å². The maximum Gasteiger partial charge on any atom is 0.147 e. The zero-order valence-electron chi connectivity index (χ0n) is 7.52. The summed E-state index contributed by atoms with van der Waals surface area (Å²) in [6.07, 6.45) is 0. The van der Waals surface area contributed by atoms with E-state index in [-0.39, 0.29) is 22.2 Å². The van der Waals surface area contributed by atoms with Gasteiger partial charge in [0.1, 0.15) is 5.82 Å². The molecule has 1 unspecified atom stereocenters. The summed E-state index contributed by atoms with van der Waals surface area (Å²) < 4.78 is 13.5. The van der Waals surface area contributed by atoms with Crippen molar-refractivity contribution in [3.05, 3.63) is 33.6 Å². The molecule has 78 valence electrons. The van der Waals surface area contributed by atoms with E-state index in [9.17, 15) is 4.39 Å². The van der Waals surface area contributed by atoms with E-state index < -0.39 is 11.4 Å². The molecule has 1 aromatic rings. The molecule has 3 N–H and O–H groups in total. The van der Waals surface area contributed by atoms with Crippen molar-refractivity contribution >= 4 is 23.2 Å². The fourth-order valence-corrected chi connectivity index (χ4v) is 1.55. The third-order valence-electron chi connectivity index (χ3n) is 1.94. The van der Waals surface area contributed by atoms with Gasteiger partial charge in [-0.3, -0.25) is 0 Å². The minimum Gasteiger partial charge on any atom is -0.394 e. The molecule has 1 rings (SSSR count). The molecule has 0 heterocycles. The number of nitrogens with two attached hydrogens (primary N) is 1. The Bertz CT molecular complexity index is 355. The van der Waals surface area contributed by atoms with E-state index in [1.807, 2.05) is 0 Å². The van der Waals surface area contributed by atoms with Gasteiger partial charge in [0.05, 0.1) is 17.2 Å². The lowest BCUT2D eigenvalue weighted by molar-refractivity contribution is 0.206. The van der Waals surface area contributed by atoms with E-state index in [1.54, 1.807) is 0 Å². The summed E-state index contributed by atoms with van der Waals surface area (Å²) in [7, 11) is 0. The van der Waals surface area contributed by atoms with Crippen LogP contribution in [-0.2, 0) is 5.54 Å². The van der Waals surface area contributed by atoms with Crippen molar-refractivity contribution in [2.45, 2.75) is 12.5 Å². The van der Waals surface area contributed by atoms with Crippen molar-refractivity contribution in [3.8, 4) is 0 Å². The molecule has 0 aliphatic heterocycles. The molecule has 1 atom stereocenters. The van der Waals surface area contributed by atoms with Crippen LogP contribution in [0.5, 0.6) is 0 Å². The lowest BCUT2D eigenvalue weighted by Gasteiger charge is -2.23. The van der Waals surface area contributed by atoms with Gasteiger partial charge in [0.2, 0.25) is 0 Å². The molecule has 0 amide bonds. The van der Waals surface area contributed by atoms with E-state index in [0.29, 0.717) is 0 Å². The number of halogens is 3. The van der Waals surface area contributed by atoms with Crippen molar-refractivity contribution in [3.63, 3.8) is 0 Å². The Balaban J connectivity index is 3.34. The Labute approximate surface area is 91.4 Å². The normalized spacial score (nSPS) is 15.3. The Kier molecular flexibility index (Phi) is 3.37. The minimum atomic E-state index is -1.18. The monoisotopic (exact) mass is 237 g/mol. The topological polar surface area (TPSA) is 46.2 Å². The van der Waals surface area contributed by atoms with Crippen molar-refractivity contribution in [1.82, 2.24) is 0 Å². The van der Waals surface area contributed by atoms with Gasteiger partial charge in [-0.1, -0.05) is 23.2 Å². The fourth-order valence-electron chi connectivity index (χ4n) is 1.06. The number of hydrogen-bond acceptors (Lipinski definition) is 2. The summed E-state index contributed by atoms with van der Waals surface area (Å²) in [6, 6.07) is 2.65. The third-order valence-corrected chi connectivity index (χ3v) is 2.43. The summed E-state index contributed by atoms with van der Waals surface area (Å²) in [4.78, 5) is 0. The van der Waals surface area contributed by atoms with Gasteiger partial charge in [0.15, 0.2) is 0 Å². The van der Waals surface area contributed by atoms with Gasteiger partial charge in [-0.25, -0.2) is 4.39 Å². The Morgan fingerprint density at radius 2 is 2.07 bits per heavy atom. The highest BCUT2D eigenvalue weighted by atomic mass is 35.5. The molecule has 0 fully saturated rings. The SMILES string of the molecule is CC(N)(CO)c1cc(Cl)cc(Cl)c1F. The van der Waals surface area contributed by atoms with Crippen molar-refractivity contribution < 1.29 is 9.50 Å². The standard InChI is InChI=1S/C9H10Cl2FNO/c1-9(13,4-14)6-2-5(10)3-7(11)8(6)12/h2-3,14H,4,13H2,1H3. The maximum absolute atomic E-state index is 13.5. The highest BCUT2D eigenvalue weighted by molar-refractivity contribution is 6.34. The smallest absolute Gasteiger partial charge is 0.147 e. The molecular formula is C9H10Cl2FNO. The van der Waals surface area contributed by atoms with Gasteiger partial charge >= 0.3 is 0 Å². The molecule has 0 spiro atoms. The van der Waals surface area contributed by atoms with Crippen LogP contribution in [0.25, 0.3) is 0 Å². The van der Waals surface area contributed by atoms with Crippen LogP contribution in [0.2, 0.25) is 10.0 Å². The summed E-state index contributed by atoms with van der Waals surface area (Å²) in [6.45, 7) is 1.11. The molecule has 0 aliphatic rings. The first-order chi connectivity index (χ1) is 6.38. The van der Waals surface area contributed by atoms with Crippen molar-refractivity contribution in [2.75, 3.05) is 6.61 Å². The molecule has 0 aliphatic carbocycles. The number of rotatable bonds is 2. The molecule has 0 saturated heterocycles. The van der Waals surface area contributed by atoms with Crippen LogP contribution in [0, 0.1) is 5.82 Å². The molecule has 0 radical (unpaired) electrons. The van der Waals surface area contributed by atoms with Gasteiger partial charge in [-0.15, -0.1) is 0 Å². The number of hydrogen-bond donors (Lipinski definition) is 2. The van der Waals surface area contributed by atoms with Crippen molar-refractivity contribution in [2.24, 2.45) is 5.73 Å². The number of benzene rings is 1. The van der Waals surface area contributed by atoms with E-state index in [1.165, 1.54) is 19.1 Å². The number of aliphatic hydroxyl groups is 1. The van der Waals surface area contributed by atoms with Crippen LogP contribution < -0.4 is 5.73 Å². The third kappa shape index (κ3) is 2.17. The molecule has 0 aromatic heterocycles. The summed E-state index contributed by atoms with van der Waals surface area (Å²) >= 11 is 11.3. The first-order valence-electron chi connectivity index (χ1n) is 3.93. The fraction of sp³-hybridized carbons (Fsp3) is 0.333. The predicted octanol–water partition coefficient (Wildman–Crippen LogP) is 2.30. The first-order valence-corrected chi connectivity index (χ1v) is 4.69. The highest BCUT2D eigenvalue weighted by Crippen LogP contribution is 2.29. The Morgan fingerprint density at radius 3 is 2.57 bits per heavy atom. The molecule has 14 heavy (non-hydrogen) atoms. The second-order valence-corrected chi connectivity index (χ2v) is 4.17. The molecular weight excluding hydrogens is 228 g/mol. The summed E-state index contributed by atoms with van der Waals surface area (Å²) in [5, 5.41) is 9.16. The predicted molar refractivity (Wildman–Crippen MR) is 55.0 cm³/mol. The Hall–Kier alpha value is -0.350. The van der Waals surface area contributed by atoms with Crippen LogP contribution in [0.15, 0.2) is 12.1 Å². The molecule has 1 aromatic carbocycles. The summed E-state index contributed by atoms with van der Waals surface area (Å²) in [5.74, 6) is -0.643. The Morgan fingerprint density at radius 1 is 1.50 bits per heavy atom.